The SMILES string of the molecule is C=C/C=C(\C=C)C(C)Nc1ncc2nc(Nc3ccccc3F)n([C@H]3CC[C@H](O)CC3)c2n1. The van der Waals surface area contributed by atoms with E-state index < -0.39 is 0 Å². The number of nitrogens with zero attached hydrogens (tertiary/aromatic N) is 4. The second-order valence-electron chi connectivity index (χ2n) is 8.25. The quantitative estimate of drug-likeness (QED) is 0.406. The van der Waals surface area contributed by atoms with Crippen LogP contribution in [-0.4, -0.2) is 36.8 Å². The normalized spacial score (nSPS) is 19.8. The highest BCUT2D eigenvalue weighted by molar-refractivity contribution is 5.76. The molecule has 1 aromatic carbocycles. The van der Waals surface area contributed by atoms with Crippen LogP contribution in [0.5, 0.6) is 0 Å². The molecule has 1 saturated carbocycles. The lowest BCUT2D eigenvalue weighted by molar-refractivity contribution is 0.112. The van der Waals surface area contributed by atoms with Gasteiger partial charge in [-0.25, -0.2) is 14.4 Å². The standard InChI is InChI=1S/C25H29FN6O/c1-4-8-17(5-2)16(3)28-24-27-15-22-23(31-24)32(18-11-13-19(33)14-12-18)25(30-22)29-21-10-7-6-9-20(21)26/h4-10,15-16,18-19,33H,1-2,11-14H2,3H3,(H,29,30)(H,27,28,31)/b17-8+/t16?,18-,19-. The van der Waals surface area contributed by atoms with E-state index in [9.17, 15) is 9.50 Å². The average molecular weight is 449 g/mol. The number of rotatable bonds is 8. The molecule has 7 nitrogen and oxygen atoms in total. The molecule has 2 aromatic heterocycles. The Hall–Kier alpha value is -3.52. The largest absolute Gasteiger partial charge is 0.393 e. The highest BCUT2D eigenvalue weighted by atomic mass is 19.1. The lowest BCUT2D eigenvalue weighted by atomic mass is 9.93. The van der Waals surface area contributed by atoms with E-state index in [2.05, 4.69) is 33.8 Å². The van der Waals surface area contributed by atoms with E-state index in [4.69, 9.17) is 4.98 Å². The first-order valence-corrected chi connectivity index (χ1v) is 11.2. The molecule has 33 heavy (non-hydrogen) atoms. The van der Waals surface area contributed by atoms with Crippen LogP contribution >= 0.6 is 0 Å². The van der Waals surface area contributed by atoms with Gasteiger partial charge in [-0.1, -0.05) is 43.5 Å². The molecule has 1 atom stereocenters. The third-order valence-corrected chi connectivity index (χ3v) is 5.98. The van der Waals surface area contributed by atoms with Gasteiger partial charge in [-0.3, -0.25) is 4.57 Å². The minimum absolute atomic E-state index is 0.0739. The molecule has 1 aliphatic rings. The van der Waals surface area contributed by atoms with Crippen LogP contribution < -0.4 is 10.6 Å². The van der Waals surface area contributed by atoms with Gasteiger partial charge in [-0.05, 0) is 50.3 Å². The maximum absolute atomic E-state index is 14.3. The Morgan fingerprint density at radius 3 is 2.67 bits per heavy atom. The van der Waals surface area contributed by atoms with Gasteiger partial charge in [0.15, 0.2) is 5.65 Å². The Morgan fingerprint density at radius 2 is 1.97 bits per heavy atom. The monoisotopic (exact) mass is 448 g/mol. The van der Waals surface area contributed by atoms with Gasteiger partial charge in [0.1, 0.15) is 11.3 Å². The molecule has 0 radical (unpaired) electrons. The molecule has 0 amide bonds. The predicted molar refractivity (Wildman–Crippen MR) is 130 cm³/mol. The summed E-state index contributed by atoms with van der Waals surface area (Å²) >= 11 is 0. The van der Waals surface area contributed by atoms with Gasteiger partial charge in [0.2, 0.25) is 11.9 Å². The molecule has 172 valence electrons. The molecule has 0 spiro atoms. The van der Waals surface area contributed by atoms with E-state index in [1.165, 1.54) is 6.07 Å². The van der Waals surface area contributed by atoms with Crippen LogP contribution in [0.1, 0.15) is 38.6 Å². The molecule has 0 saturated heterocycles. The summed E-state index contributed by atoms with van der Waals surface area (Å²) in [6, 6.07) is 6.50. The van der Waals surface area contributed by atoms with Gasteiger partial charge in [0.05, 0.1) is 24.0 Å². The summed E-state index contributed by atoms with van der Waals surface area (Å²) in [5.41, 5.74) is 2.58. The summed E-state index contributed by atoms with van der Waals surface area (Å²) in [5.74, 6) is 0.610. The number of aliphatic hydroxyl groups excluding tert-OH is 1. The third kappa shape index (κ3) is 4.96. The number of hydrogen-bond acceptors (Lipinski definition) is 6. The topological polar surface area (TPSA) is 87.9 Å². The number of allylic oxidation sites excluding steroid dienone is 2. The number of hydrogen-bond donors (Lipinski definition) is 3. The van der Waals surface area contributed by atoms with Crippen molar-refractivity contribution in [1.29, 1.82) is 0 Å². The minimum atomic E-state index is -0.358. The van der Waals surface area contributed by atoms with Gasteiger partial charge in [0.25, 0.3) is 0 Å². The van der Waals surface area contributed by atoms with Crippen LogP contribution in [-0.2, 0) is 0 Å². The minimum Gasteiger partial charge on any atom is -0.393 e. The second kappa shape index (κ2) is 9.95. The zero-order valence-corrected chi connectivity index (χ0v) is 18.7. The average Bonchev–Trinajstić information content (AvgIpc) is 3.16. The summed E-state index contributed by atoms with van der Waals surface area (Å²) < 4.78 is 16.4. The number of fused-ring (bicyclic) bond motifs is 1. The van der Waals surface area contributed by atoms with Gasteiger partial charge in [-0.2, -0.15) is 4.98 Å². The Kier molecular flexibility index (Phi) is 6.84. The third-order valence-electron chi connectivity index (χ3n) is 5.98. The van der Waals surface area contributed by atoms with Crippen molar-refractivity contribution in [3.05, 3.63) is 73.2 Å². The molecule has 0 aliphatic heterocycles. The van der Waals surface area contributed by atoms with Crippen molar-refractivity contribution in [3.63, 3.8) is 0 Å². The second-order valence-corrected chi connectivity index (χ2v) is 8.25. The van der Waals surface area contributed by atoms with Crippen molar-refractivity contribution in [3.8, 4) is 0 Å². The zero-order chi connectivity index (χ0) is 23.4. The molecule has 4 rings (SSSR count). The van der Waals surface area contributed by atoms with Crippen LogP contribution in [0.4, 0.5) is 22.0 Å². The van der Waals surface area contributed by atoms with E-state index in [1.807, 2.05) is 17.6 Å². The highest BCUT2D eigenvalue weighted by Crippen LogP contribution is 2.35. The van der Waals surface area contributed by atoms with Gasteiger partial charge in [0, 0.05) is 6.04 Å². The van der Waals surface area contributed by atoms with Crippen LogP contribution in [0.15, 0.2) is 67.4 Å². The molecular weight excluding hydrogens is 419 g/mol. The summed E-state index contributed by atoms with van der Waals surface area (Å²) in [6.07, 6.45) is 9.71. The molecular formula is C25H29FN6O. The summed E-state index contributed by atoms with van der Waals surface area (Å²) in [5, 5.41) is 16.4. The molecule has 3 aromatic rings. The van der Waals surface area contributed by atoms with Crippen molar-refractivity contribution in [1.82, 2.24) is 19.5 Å². The van der Waals surface area contributed by atoms with Gasteiger partial charge >= 0.3 is 0 Å². The molecule has 8 heteroatoms. The lowest BCUT2D eigenvalue weighted by Crippen LogP contribution is -2.22. The van der Waals surface area contributed by atoms with Gasteiger partial charge < -0.3 is 15.7 Å². The van der Waals surface area contributed by atoms with Crippen LogP contribution in [0, 0.1) is 5.82 Å². The van der Waals surface area contributed by atoms with Crippen molar-refractivity contribution >= 4 is 28.7 Å². The van der Waals surface area contributed by atoms with Crippen LogP contribution in [0.25, 0.3) is 11.2 Å². The number of para-hydroxylation sites is 1. The smallest absolute Gasteiger partial charge is 0.225 e. The first-order valence-electron chi connectivity index (χ1n) is 11.2. The number of aliphatic hydroxyl groups is 1. The lowest BCUT2D eigenvalue weighted by Gasteiger charge is -2.28. The number of benzene rings is 1. The number of halogens is 1. The molecule has 1 aliphatic carbocycles. The first-order chi connectivity index (χ1) is 16.0. The zero-order valence-electron chi connectivity index (χ0n) is 18.7. The number of anilines is 3. The molecule has 1 fully saturated rings. The highest BCUT2D eigenvalue weighted by Gasteiger charge is 2.26. The summed E-state index contributed by atoms with van der Waals surface area (Å²) in [7, 11) is 0. The molecule has 3 N–H and O–H groups in total. The van der Waals surface area contributed by atoms with E-state index in [-0.39, 0.29) is 24.0 Å². The number of aromatic nitrogens is 4. The molecule has 2 heterocycles. The predicted octanol–water partition coefficient (Wildman–Crippen LogP) is 5.28. The Labute approximate surface area is 192 Å². The maximum Gasteiger partial charge on any atom is 0.225 e. The molecule has 0 bridgehead atoms. The Balaban J connectivity index is 1.73. The van der Waals surface area contributed by atoms with Crippen molar-refractivity contribution in [2.24, 2.45) is 0 Å². The van der Waals surface area contributed by atoms with Crippen molar-refractivity contribution in [2.75, 3.05) is 10.6 Å². The fourth-order valence-electron chi connectivity index (χ4n) is 4.20. The van der Waals surface area contributed by atoms with Crippen molar-refractivity contribution in [2.45, 2.75) is 50.8 Å². The number of imidazole rings is 1. The summed E-state index contributed by atoms with van der Waals surface area (Å²) in [6.45, 7) is 9.59. The van der Waals surface area contributed by atoms with Gasteiger partial charge in [-0.15, -0.1) is 0 Å². The fourth-order valence-corrected chi connectivity index (χ4v) is 4.20. The maximum atomic E-state index is 14.3. The summed E-state index contributed by atoms with van der Waals surface area (Å²) in [4.78, 5) is 13.9. The van der Waals surface area contributed by atoms with Crippen LogP contribution in [0.2, 0.25) is 0 Å². The van der Waals surface area contributed by atoms with E-state index in [1.54, 1.807) is 36.5 Å². The van der Waals surface area contributed by atoms with Crippen molar-refractivity contribution < 1.29 is 9.50 Å². The Morgan fingerprint density at radius 1 is 1.21 bits per heavy atom. The molecule has 1 unspecified atom stereocenters. The van der Waals surface area contributed by atoms with E-state index >= 15 is 0 Å². The first kappa shape index (κ1) is 22.7. The van der Waals surface area contributed by atoms with E-state index in [0.29, 0.717) is 41.6 Å². The Bertz CT molecular complexity index is 1180. The number of nitrogens with one attached hydrogen (secondary N) is 2. The van der Waals surface area contributed by atoms with Crippen LogP contribution in [0.3, 0.4) is 0 Å². The van der Waals surface area contributed by atoms with E-state index in [0.717, 1.165) is 18.4 Å². The fraction of sp³-hybridized carbons (Fsp3) is 0.320.